The van der Waals surface area contributed by atoms with Crippen molar-refractivity contribution in [3.05, 3.63) is 65.9 Å². The molecule has 1 fully saturated rings. The maximum Gasteiger partial charge on any atom is 0.227 e. The predicted molar refractivity (Wildman–Crippen MR) is 146 cm³/mol. The lowest BCUT2D eigenvalue weighted by Gasteiger charge is -2.11. The van der Waals surface area contributed by atoms with Gasteiger partial charge in [-0.3, -0.25) is 14.9 Å². The number of benzene rings is 1. The molecule has 39 heavy (non-hydrogen) atoms. The Balaban J connectivity index is 1.28. The molecule has 3 N–H and O–H groups in total. The summed E-state index contributed by atoms with van der Waals surface area (Å²) in [6.07, 6.45) is 8.62. The Bertz CT molecular complexity index is 1870. The van der Waals surface area contributed by atoms with Gasteiger partial charge in [-0.1, -0.05) is 12.8 Å². The minimum Gasteiger partial charge on any atom is -0.335 e. The number of aromatic amines is 2. The van der Waals surface area contributed by atoms with Crippen LogP contribution in [0.1, 0.15) is 25.7 Å². The summed E-state index contributed by atoms with van der Waals surface area (Å²) in [5, 5.41) is 10.1. The maximum absolute atomic E-state index is 16.1. The van der Waals surface area contributed by atoms with Gasteiger partial charge >= 0.3 is 0 Å². The van der Waals surface area contributed by atoms with Crippen molar-refractivity contribution >= 4 is 45.0 Å². The van der Waals surface area contributed by atoms with Gasteiger partial charge in [0, 0.05) is 39.9 Å². The largest absolute Gasteiger partial charge is 0.335 e. The lowest BCUT2D eigenvalue weighted by molar-refractivity contribution is -0.119. The Morgan fingerprint density at radius 2 is 1.92 bits per heavy atom. The average Bonchev–Trinajstić information content (AvgIpc) is 3.75. The fourth-order valence-electron chi connectivity index (χ4n) is 5.24. The number of carbonyl (C=O) groups is 1. The van der Waals surface area contributed by atoms with Crippen LogP contribution in [-0.4, -0.2) is 36.0 Å². The normalized spacial score (nSPS) is 14.0. The number of anilines is 1. The number of aromatic nitrogens is 6. The van der Waals surface area contributed by atoms with E-state index < -0.39 is 5.82 Å². The van der Waals surface area contributed by atoms with Gasteiger partial charge in [0.1, 0.15) is 11.5 Å². The smallest absolute Gasteiger partial charge is 0.227 e. The van der Waals surface area contributed by atoms with Gasteiger partial charge in [-0.15, -0.1) is 11.3 Å². The van der Waals surface area contributed by atoms with E-state index in [2.05, 4.69) is 35.5 Å². The van der Waals surface area contributed by atoms with Crippen molar-refractivity contribution in [3.63, 3.8) is 0 Å². The van der Waals surface area contributed by atoms with E-state index in [4.69, 9.17) is 0 Å². The van der Waals surface area contributed by atoms with Gasteiger partial charge in [0.2, 0.25) is 5.91 Å². The fraction of sp³-hybridized carbons (Fsp3) is 0.179. The van der Waals surface area contributed by atoms with Crippen LogP contribution in [0.2, 0.25) is 0 Å². The number of nitrogens with zero attached hydrogens (tertiary/aromatic N) is 4. The van der Waals surface area contributed by atoms with Gasteiger partial charge < -0.3 is 10.3 Å². The maximum atomic E-state index is 16.1. The van der Waals surface area contributed by atoms with Gasteiger partial charge in [0.05, 0.1) is 28.3 Å². The molecule has 6 aromatic rings. The zero-order valence-electron chi connectivity index (χ0n) is 20.5. The van der Waals surface area contributed by atoms with Gasteiger partial charge in [0.15, 0.2) is 16.6 Å². The van der Waals surface area contributed by atoms with Crippen LogP contribution in [-0.2, 0) is 4.79 Å². The third kappa shape index (κ3) is 4.15. The number of thiophene rings is 1. The molecule has 194 valence electrons. The van der Waals surface area contributed by atoms with Crippen LogP contribution >= 0.6 is 11.3 Å². The molecule has 5 heterocycles. The molecule has 7 rings (SSSR count). The Morgan fingerprint density at radius 3 is 2.74 bits per heavy atom. The quantitative estimate of drug-likeness (QED) is 0.225. The van der Waals surface area contributed by atoms with Crippen LogP contribution < -0.4 is 5.32 Å². The molecule has 0 atom stereocenters. The first-order valence-electron chi connectivity index (χ1n) is 12.6. The molecule has 1 aliphatic carbocycles. The van der Waals surface area contributed by atoms with E-state index in [1.807, 2.05) is 0 Å². The molecule has 1 aliphatic rings. The van der Waals surface area contributed by atoms with Crippen LogP contribution in [0.4, 0.5) is 14.5 Å². The highest BCUT2D eigenvalue weighted by atomic mass is 32.1. The van der Waals surface area contributed by atoms with Crippen LogP contribution in [0.15, 0.2) is 55.0 Å². The van der Waals surface area contributed by atoms with E-state index in [-0.39, 0.29) is 22.3 Å². The molecule has 0 bridgehead atoms. The van der Waals surface area contributed by atoms with Crippen molar-refractivity contribution in [2.24, 2.45) is 5.92 Å². The van der Waals surface area contributed by atoms with E-state index in [1.165, 1.54) is 6.07 Å². The summed E-state index contributed by atoms with van der Waals surface area (Å²) in [5.41, 5.74) is 3.94. The first-order chi connectivity index (χ1) is 19.0. The summed E-state index contributed by atoms with van der Waals surface area (Å²) < 4.78 is 29.8. The van der Waals surface area contributed by atoms with Crippen LogP contribution in [0.25, 0.3) is 55.2 Å². The zero-order valence-corrected chi connectivity index (χ0v) is 21.3. The molecule has 0 spiro atoms. The third-order valence-corrected chi connectivity index (χ3v) is 8.07. The number of carbonyl (C=O) groups excluding carboxylic acids is 1. The van der Waals surface area contributed by atoms with E-state index in [1.54, 1.807) is 48.9 Å². The van der Waals surface area contributed by atoms with E-state index >= 15 is 4.39 Å². The summed E-state index contributed by atoms with van der Waals surface area (Å²) in [7, 11) is 0. The molecule has 1 saturated carbocycles. The van der Waals surface area contributed by atoms with Crippen molar-refractivity contribution in [1.82, 2.24) is 30.1 Å². The summed E-state index contributed by atoms with van der Waals surface area (Å²) in [4.78, 5) is 29.7. The van der Waals surface area contributed by atoms with Crippen molar-refractivity contribution in [2.45, 2.75) is 25.7 Å². The average molecular weight is 542 g/mol. The molecule has 0 aliphatic heterocycles. The molecule has 5 aromatic heterocycles. The lowest BCUT2D eigenvalue weighted by Crippen LogP contribution is -2.20. The number of hydrogen-bond donors (Lipinski definition) is 3. The summed E-state index contributed by atoms with van der Waals surface area (Å²) >= 11 is 1.02. The Hall–Kier alpha value is -4.51. The molecular formula is C28H21F2N7OS. The number of imidazole rings is 1. The first-order valence-corrected chi connectivity index (χ1v) is 13.4. The van der Waals surface area contributed by atoms with Crippen LogP contribution in [0.3, 0.4) is 0 Å². The van der Waals surface area contributed by atoms with Crippen molar-refractivity contribution in [3.8, 4) is 33.1 Å². The number of nitrogens with one attached hydrogen (secondary N) is 3. The molecular weight excluding hydrogens is 520 g/mol. The Kier molecular flexibility index (Phi) is 5.66. The second-order valence-corrected chi connectivity index (χ2v) is 10.6. The highest BCUT2D eigenvalue weighted by molar-refractivity contribution is 7.14. The molecule has 8 nitrogen and oxygen atoms in total. The Labute approximate surface area is 224 Å². The van der Waals surface area contributed by atoms with E-state index in [0.29, 0.717) is 45.0 Å². The van der Waals surface area contributed by atoms with E-state index in [0.717, 1.165) is 47.5 Å². The summed E-state index contributed by atoms with van der Waals surface area (Å²) in [5.74, 6) is -0.179. The van der Waals surface area contributed by atoms with Gasteiger partial charge in [0.25, 0.3) is 0 Å². The van der Waals surface area contributed by atoms with Crippen molar-refractivity contribution < 1.29 is 13.6 Å². The van der Waals surface area contributed by atoms with Gasteiger partial charge in [-0.2, -0.15) is 9.49 Å². The first kappa shape index (κ1) is 23.6. The predicted octanol–water partition coefficient (Wildman–Crippen LogP) is 6.70. The number of halogens is 2. The number of pyridine rings is 2. The second-order valence-electron chi connectivity index (χ2n) is 9.60. The summed E-state index contributed by atoms with van der Waals surface area (Å²) in [6, 6.07) is 10.0. The van der Waals surface area contributed by atoms with E-state index in [9.17, 15) is 9.18 Å². The standard InChI is InChI=1S/C28H21F2N7OS/c29-21-8-7-20(39-21)18-9-10-32-26-24(18)34-27(35-26)25-22-19(36-37-25)6-5-17(23(22)30)15-11-16(13-31-12-15)33-28(38)14-3-1-2-4-14/h5-14H,1-4H2,(H,33,38)(H,36,37)(H,32,34,35). The molecule has 1 amide bonds. The fourth-order valence-corrected chi connectivity index (χ4v) is 6.00. The van der Waals surface area contributed by atoms with Crippen molar-refractivity contribution in [2.75, 3.05) is 5.32 Å². The van der Waals surface area contributed by atoms with Crippen LogP contribution in [0, 0.1) is 16.9 Å². The summed E-state index contributed by atoms with van der Waals surface area (Å²) in [6.45, 7) is 0. The molecule has 0 saturated heterocycles. The topological polar surface area (TPSA) is 112 Å². The SMILES string of the molecule is O=C(Nc1cncc(-c2ccc3[nH]nc(-c4nc5nccc(-c6ccc(F)s6)c5[nH]4)c3c2F)c1)C1CCCC1. The van der Waals surface area contributed by atoms with Crippen LogP contribution in [0.5, 0.6) is 0 Å². The monoisotopic (exact) mass is 541 g/mol. The molecule has 11 heteroatoms. The zero-order chi connectivity index (χ0) is 26.5. The van der Waals surface area contributed by atoms with Gasteiger partial charge in [-0.25, -0.2) is 14.4 Å². The second kappa shape index (κ2) is 9.35. The number of fused-ring (bicyclic) bond motifs is 2. The number of amides is 1. The third-order valence-electron chi connectivity index (χ3n) is 7.16. The van der Waals surface area contributed by atoms with Gasteiger partial charge in [-0.05, 0) is 49.2 Å². The minimum absolute atomic E-state index is 0.00730. The molecule has 0 unspecified atom stereocenters. The minimum atomic E-state index is -0.494. The highest BCUT2D eigenvalue weighted by Crippen LogP contribution is 2.36. The lowest BCUT2D eigenvalue weighted by atomic mass is 10.0. The molecule has 1 aromatic carbocycles. The number of H-pyrrole nitrogens is 2. The highest BCUT2D eigenvalue weighted by Gasteiger charge is 2.24. The number of hydrogen-bond acceptors (Lipinski definition) is 6. The Morgan fingerprint density at radius 1 is 1.05 bits per heavy atom. The van der Waals surface area contributed by atoms with Crippen molar-refractivity contribution in [1.29, 1.82) is 0 Å². The number of rotatable bonds is 5. The molecule has 0 radical (unpaired) electrons.